The first-order valence-corrected chi connectivity index (χ1v) is 6.67. The Hall–Kier alpha value is -1.48. The van der Waals surface area contributed by atoms with Crippen LogP contribution >= 0.6 is 15.9 Å². The van der Waals surface area contributed by atoms with Crippen molar-refractivity contribution >= 4 is 21.6 Å². The van der Waals surface area contributed by atoms with E-state index in [0.29, 0.717) is 5.75 Å². The van der Waals surface area contributed by atoms with Gasteiger partial charge in [-0.25, -0.2) is 0 Å². The number of aryl methyl sites for hydroxylation is 1. The molecule has 1 unspecified atom stereocenters. The van der Waals surface area contributed by atoms with Gasteiger partial charge < -0.3 is 10.4 Å². The van der Waals surface area contributed by atoms with Crippen LogP contribution in [0.15, 0.2) is 46.9 Å². The van der Waals surface area contributed by atoms with Crippen molar-refractivity contribution < 1.29 is 5.11 Å². The number of hydrogen-bond donors (Lipinski definition) is 2. The summed E-state index contributed by atoms with van der Waals surface area (Å²) in [4.78, 5) is 0. The third-order valence-electron chi connectivity index (χ3n) is 2.96. The van der Waals surface area contributed by atoms with Crippen molar-refractivity contribution in [3.63, 3.8) is 0 Å². The van der Waals surface area contributed by atoms with Crippen LogP contribution in [0.3, 0.4) is 0 Å². The van der Waals surface area contributed by atoms with E-state index >= 15 is 0 Å². The summed E-state index contributed by atoms with van der Waals surface area (Å²) in [6.07, 6.45) is 0. The Labute approximate surface area is 116 Å². The lowest BCUT2D eigenvalue weighted by molar-refractivity contribution is 0.471. The van der Waals surface area contributed by atoms with Crippen molar-refractivity contribution in [3.05, 3.63) is 58.1 Å². The average Bonchev–Trinajstić information content (AvgIpc) is 2.34. The van der Waals surface area contributed by atoms with Crippen LogP contribution in [-0.4, -0.2) is 5.11 Å². The van der Waals surface area contributed by atoms with Crippen LogP contribution in [0.5, 0.6) is 5.75 Å². The van der Waals surface area contributed by atoms with Gasteiger partial charge in [0.2, 0.25) is 0 Å². The molecule has 0 heterocycles. The van der Waals surface area contributed by atoms with E-state index in [-0.39, 0.29) is 6.04 Å². The van der Waals surface area contributed by atoms with Crippen LogP contribution in [-0.2, 0) is 0 Å². The molecule has 1 atom stereocenters. The van der Waals surface area contributed by atoms with E-state index in [0.717, 1.165) is 15.7 Å². The molecule has 0 aliphatic carbocycles. The molecule has 2 nitrogen and oxygen atoms in total. The largest absolute Gasteiger partial charge is 0.508 e. The summed E-state index contributed by atoms with van der Waals surface area (Å²) in [5, 5.41) is 13.0. The lowest BCUT2D eigenvalue weighted by Crippen LogP contribution is -2.06. The topological polar surface area (TPSA) is 32.3 Å². The highest BCUT2D eigenvalue weighted by molar-refractivity contribution is 9.10. The van der Waals surface area contributed by atoms with Gasteiger partial charge in [-0.1, -0.05) is 34.1 Å². The van der Waals surface area contributed by atoms with Crippen LogP contribution in [0.1, 0.15) is 24.1 Å². The highest BCUT2D eigenvalue weighted by Crippen LogP contribution is 2.25. The van der Waals surface area contributed by atoms with Gasteiger partial charge in [0.15, 0.2) is 0 Å². The predicted molar refractivity (Wildman–Crippen MR) is 79.0 cm³/mol. The fourth-order valence-corrected chi connectivity index (χ4v) is 2.05. The minimum Gasteiger partial charge on any atom is -0.508 e. The first kappa shape index (κ1) is 13.0. The lowest BCUT2D eigenvalue weighted by Gasteiger charge is -2.16. The Balaban J connectivity index is 2.13. The first-order chi connectivity index (χ1) is 8.56. The molecule has 0 saturated carbocycles. The minimum absolute atomic E-state index is 0.195. The van der Waals surface area contributed by atoms with Gasteiger partial charge in [-0.2, -0.15) is 0 Å². The van der Waals surface area contributed by atoms with E-state index in [2.05, 4.69) is 40.3 Å². The van der Waals surface area contributed by atoms with Crippen molar-refractivity contribution in [3.8, 4) is 5.75 Å². The molecule has 0 aliphatic rings. The molecular weight excluding hydrogens is 290 g/mol. The second-order valence-electron chi connectivity index (χ2n) is 4.42. The monoisotopic (exact) mass is 305 g/mol. The van der Waals surface area contributed by atoms with Crippen LogP contribution in [0.2, 0.25) is 0 Å². The number of phenols is 1. The van der Waals surface area contributed by atoms with Crippen LogP contribution < -0.4 is 5.32 Å². The van der Waals surface area contributed by atoms with E-state index in [1.807, 2.05) is 31.2 Å². The van der Waals surface area contributed by atoms with Crippen molar-refractivity contribution in [2.75, 3.05) is 5.32 Å². The molecule has 0 aromatic heterocycles. The second kappa shape index (κ2) is 5.44. The maximum atomic E-state index is 9.67. The lowest BCUT2D eigenvalue weighted by atomic mass is 10.1. The number of benzene rings is 2. The Morgan fingerprint density at radius 1 is 1.11 bits per heavy atom. The van der Waals surface area contributed by atoms with Gasteiger partial charge in [0.25, 0.3) is 0 Å². The van der Waals surface area contributed by atoms with Crippen molar-refractivity contribution in [1.29, 1.82) is 0 Å². The summed E-state index contributed by atoms with van der Waals surface area (Å²) in [7, 11) is 0. The zero-order valence-corrected chi connectivity index (χ0v) is 12.0. The van der Waals surface area contributed by atoms with E-state index in [1.54, 1.807) is 6.07 Å². The SMILES string of the molecule is Cc1ccc(NC(C)c2ccc(Br)cc2)cc1O. The van der Waals surface area contributed by atoms with Gasteiger partial charge >= 0.3 is 0 Å². The summed E-state index contributed by atoms with van der Waals surface area (Å²) in [6.45, 7) is 3.98. The summed E-state index contributed by atoms with van der Waals surface area (Å²) in [6, 6.07) is 14.0. The molecule has 0 bridgehead atoms. The van der Waals surface area contributed by atoms with E-state index in [9.17, 15) is 5.11 Å². The smallest absolute Gasteiger partial charge is 0.120 e. The molecule has 2 N–H and O–H groups in total. The van der Waals surface area contributed by atoms with Gasteiger partial charge in [0.1, 0.15) is 5.75 Å². The quantitative estimate of drug-likeness (QED) is 0.866. The first-order valence-electron chi connectivity index (χ1n) is 5.88. The fourth-order valence-electron chi connectivity index (χ4n) is 1.78. The van der Waals surface area contributed by atoms with E-state index in [1.165, 1.54) is 5.56 Å². The molecule has 3 heteroatoms. The highest BCUT2D eigenvalue weighted by Gasteiger charge is 2.06. The van der Waals surface area contributed by atoms with Crippen LogP contribution in [0, 0.1) is 6.92 Å². The standard InChI is InChI=1S/C15H16BrNO/c1-10-3-8-14(9-15(10)18)17-11(2)12-4-6-13(16)7-5-12/h3-9,11,17-18H,1-2H3. The van der Waals surface area contributed by atoms with Gasteiger partial charge in [-0.15, -0.1) is 0 Å². The van der Waals surface area contributed by atoms with Gasteiger partial charge in [0, 0.05) is 22.3 Å². The van der Waals surface area contributed by atoms with Crippen LogP contribution in [0.25, 0.3) is 0 Å². The molecule has 0 aliphatic heterocycles. The number of phenolic OH excluding ortho intramolecular Hbond substituents is 1. The van der Waals surface area contributed by atoms with Crippen molar-refractivity contribution in [2.45, 2.75) is 19.9 Å². The zero-order valence-electron chi connectivity index (χ0n) is 10.4. The predicted octanol–water partition coefficient (Wildman–Crippen LogP) is 4.64. The number of rotatable bonds is 3. The van der Waals surface area contributed by atoms with E-state index in [4.69, 9.17) is 0 Å². The number of anilines is 1. The summed E-state index contributed by atoms with van der Waals surface area (Å²) >= 11 is 3.43. The number of nitrogens with one attached hydrogen (secondary N) is 1. The third-order valence-corrected chi connectivity index (χ3v) is 3.49. The fraction of sp³-hybridized carbons (Fsp3) is 0.200. The molecule has 2 rings (SSSR count). The number of aromatic hydroxyl groups is 1. The van der Waals surface area contributed by atoms with Crippen LogP contribution in [0.4, 0.5) is 5.69 Å². The third kappa shape index (κ3) is 3.05. The molecule has 94 valence electrons. The molecule has 0 saturated heterocycles. The maximum absolute atomic E-state index is 9.67. The molecular formula is C15H16BrNO. The summed E-state index contributed by atoms with van der Waals surface area (Å²) in [5.74, 6) is 0.322. The molecule has 0 radical (unpaired) electrons. The second-order valence-corrected chi connectivity index (χ2v) is 5.33. The Bertz CT molecular complexity index is 537. The molecule has 2 aromatic rings. The van der Waals surface area contributed by atoms with Gasteiger partial charge in [-0.3, -0.25) is 0 Å². The minimum atomic E-state index is 0.195. The van der Waals surface area contributed by atoms with E-state index < -0.39 is 0 Å². The zero-order chi connectivity index (χ0) is 13.1. The molecule has 0 fully saturated rings. The summed E-state index contributed by atoms with van der Waals surface area (Å²) < 4.78 is 1.08. The molecule has 0 amide bonds. The number of hydrogen-bond acceptors (Lipinski definition) is 2. The maximum Gasteiger partial charge on any atom is 0.120 e. The normalized spacial score (nSPS) is 12.2. The van der Waals surface area contributed by atoms with Gasteiger partial charge in [-0.05, 0) is 43.2 Å². The molecule has 0 spiro atoms. The molecule has 18 heavy (non-hydrogen) atoms. The number of halogens is 1. The van der Waals surface area contributed by atoms with Gasteiger partial charge in [0.05, 0.1) is 0 Å². The Morgan fingerprint density at radius 2 is 1.78 bits per heavy atom. The van der Waals surface area contributed by atoms with Crippen molar-refractivity contribution in [1.82, 2.24) is 0 Å². The van der Waals surface area contributed by atoms with Crippen molar-refractivity contribution in [2.24, 2.45) is 0 Å². The Kier molecular flexibility index (Phi) is 3.92. The highest BCUT2D eigenvalue weighted by atomic mass is 79.9. The molecule has 2 aromatic carbocycles. The Morgan fingerprint density at radius 3 is 2.39 bits per heavy atom. The summed E-state index contributed by atoms with van der Waals surface area (Å²) in [5.41, 5.74) is 3.02. The average molecular weight is 306 g/mol.